The van der Waals surface area contributed by atoms with Gasteiger partial charge in [0.2, 0.25) is 0 Å². The molecule has 1 saturated heterocycles. The van der Waals surface area contributed by atoms with Crippen LogP contribution in [0, 0.1) is 0 Å². The molecule has 7 nitrogen and oxygen atoms in total. The lowest BCUT2D eigenvalue weighted by Crippen LogP contribution is -3.16. The number of carbonyl (C=O) groups excluding carboxylic acids is 2. The van der Waals surface area contributed by atoms with Crippen LogP contribution >= 0.6 is 0 Å². The third kappa shape index (κ3) is 5.71. The molecule has 0 bridgehead atoms. The Morgan fingerprint density at radius 3 is 2.41 bits per heavy atom. The molecule has 1 heterocycles. The molecule has 0 unspecified atom stereocenters. The number of nitrogens with zero attached hydrogens (tertiary/aromatic N) is 1. The van der Waals surface area contributed by atoms with E-state index in [1.54, 1.807) is 12.1 Å². The summed E-state index contributed by atoms with van der Waals surface area (Å²) in [4.78, 5) is 27.9. The van der Waals surface area contributed by atoms with Gasteiger partial charge in [-0.15, -0.1) is 0 Å². The molecular weight excluding hydrogens is 370 g/mol. The number of piperazine rings is 1. The molecule has 154 valence electrons. The molecule has 0 radical (unpaired) electrons. The number of carbonyl (C=O) groups is 2. The Bertz CT molecular complexity index is 820. The maximum absolute atomic E-state index is 12.5. The maximum atomic E-state index is 12.5. The van der Waals surface area contributed by atoms with E-state index in [2.05, 4.69) is 10.2 Å². The Kier molecular flexibility index (Phi) is 7.08. The van der Waals surface area contributed by atoms with Gasteiger partial charge in [0.1, 0.15) is 11.8 Å². The zero-order chi connectivity index (χ0) is 20.6. The van der Waals surface area contributed by atoms with E-state index in [-0.39, 0.29) is 11.7 Å². The molecule has 3 N–H and O–H groups in total. The Hall–Kier alpha value is -3.06. The van der Waals surface area contributed by atoms with Crippen LogP contribution in [0.5, 0.6) is 5.75 Å². The van der Waals surface area contributed by atoms with Gasteiger partial charge in [0, 0.05) is 6.42 Å². The lowest BCUT2D eigenvalue weighted by molar-refractivity contribution is -0.892. The van der Waals surface area contributed by atoms with Crippen LogP contribution in [-0.4, -0.2) is 62.9 Å². The minimum atomic E-state index is -0.697. The summed E-state index contributed by atoms with van der Waals surface area (Å²) in [5.74, 6) is -0.334. The Morgan fingerprint density at radius 1 is 1.10 bits per heavy atom. The second-order valence-corrected chi connectivity index (χ2v) is 7.24. The van der Waals surface area contributed by atoms with Crippen LogP contribution in [-0.2, 0) is 20.7 Å². The van der Waals surface area contributed by atoms with Crippen LogP contribution in [0.4, 0.5) is 5.69 Å². The molecule has 0 aromatic heterocycles. The van der Waals surface area contributed by atoms with Crippen molar-refractivity contribution in [3.05, 3.63) is 60.2 Å². The molecule has 1 atom stereocenters. The van der Waals surface area contributed by atoms with Gasteiger partial charge < -0.3 is 25.0 Å². The third-order valence-electron chi connectivity index (χ3n) is 5.21. The number of amides is 1. The van der Waals surface area contributed by atoms with E-state index in [1.807, 2.05) is 42.5 Å². The molecule has 29 heavy (non-hydrogen) atoms. The fourth-order valence-corrected chi connectivity index (χ4v) is 3.63. The predicted molar refractivity (Wildman–Crippen MR) is 110 cm³/mol. The molecule has 1 amide bonds. The lowest BCUT2D eigenvalue weighted by atomic mass is 10.1. The van der Waals surface area contributed by atoms with E-state index in [1.165, 1.54) is 7.11 Å². The number of anilines is 1. The molecule has 0 spiro atoms. The molecule has 3 rings (SSSR count). The van der Waals surface area contributed by atoms with Gasteiger partial charge in [-0.3, -0.25) is 4.79 Å². The second-order valence-electron chi connectivity index (χ2n) is 7.24. The summed E-state index contributed by atoms with van der Waals surface area (Å²) in [6.07, 6.45) is 0.398. The number of benzene rings is 2. The van der Waals surface area contributed by atoms with Crippen molar-refractivity contribution in [1.82, 2.24) is 5.32 Å². The van der Waals surface area contributed by atoms with Crippen LogP contribution < -0.4 is 15.1 Å². The van der Waals surface area contributed by atoms with Gasteiger partial charge in [0.05, 0.1) is 39.0 Å². The predicted octanol–water partition coefficient (Wildman–Crippen LogP) is -0.00240. The highest BCUT2D eigenvalue weighted by atomic mass is 16.5. The average molecular weight is 398 g/mol. The smallest absolute Gasteiger partial charge is 0.328 e. The van der Waals surface area contributed by atoms with Crippen LogP contribution in [0.1, 0.15) is 5.56 Å². The highest BCUT2D eigenvalue weighted by molar-refractivity contribution is 5.85. The van der Waals surface area contributed by atoms with Gasteiger partial charge in [-0.1, -0.05) is 42.5 Å². The first-order valence-corrected chi connectivity index (χ1v) is 9.84. The van der Waals surface area contributed by atoms with Crippen LogP contribution in [0.15, 0.2) is 54.6 Å². The van der Waals surface area contributed by atoms with Crippen molar-refractivity contribution in [2.45, 2.75) is 12.5 Å². The molecule has 1 aliphatic rings. The monoisotopic (exact) mass is 398 g/mol. The van der Waals surface area contributed by atoms with Crippen molar-refractivity contribution in [2.75, 3.05) is 44.7 Å². The lowest BCUT2D eigenvalue weighted by Gasteiger charge is -2.33. The minimum Gasteiger partial charge on any atom is -0.506 e. The topological polar surface area (TPSA) is 83.3 Å². The molecule has 7 heteroatoms. The highest BCUT2D eigenvalue weighted by Gasteiger charge is 2.27. The summed E-state index contributed by atoms with van der Waals surface area (Å²) in [5.41, 5.74) is 1.79. The zero-order valence-corrected chi connectivity index (χ0v) is 16.6. The number of rotatable bonds is 7. The number of hydrogen-bond donors (Lipinski definition) is 3. The third-order valence-corrected chi connectivity index (χ3v) is 5.21. The van der Waals surface area contributed by atoms with Gasteiger partial charge in [0.15, 0.2) is 6.54 Å². The fraction of sp³-hybridized carbons (Fsp3) is 0.364. The van der Waals surface area contributed by atoms with E-state index in [0.29, 0.717) is 13.0 Å². The summed E-state index contributed by atoms with van der Waals surface area (Å²) in [7, 11) is 1.33. The first kappa shape index (κ1) is 20.7. The van der Waals surface area contributed by atoms with Crippen molar-refractivity contribution in [3.8, 4) is 5.75 Å². The van der Waals surface area contributed by atoms with Crippen molar-refractivity contribution in [3.63, 3.8) is 0 Å². The molecule has 2 aromatic carbocycles. The normalized spacial score (nSPS) is 15.6. The molecule has 0 aliphatic carbocycles. The molecule has 2 aromatic rings. The van der Waals surface area contributed by atoms with E-state index in [4.69, 9.17) is 4.74 Å². The van der Waals surface area contributed by atoms with Gasteiger partial charge in [-0.2, -0.15) is 0 Å². The van der Waals surface area contributed by atoms with E-state index in [0.717, 1.165) is 42.3 Å². The van der Waals surface area contributed by atoms with Crippen LogP contribution in [0.3, 0.4) is 0 Å². The van der Waals surface area contributed by atoms with Crippen LogP contribution in [0.25, 0.3) is 0 Å². The largest absolute Gasteiger partial charge is 0.506 e. The zero-order valence-electron chi connectivity index (χ0n) is 16.6. The summed E-state index contributed by atoms with van der Waals surface area (Å²) >= 11 is 0. The van der Waals surface area contributed by atoms with Crippen LogP contribution in [0.2, 0.25) is 0 Å². The Labute approximate surface area is 170 Å². The number of para-hydroxylation sites is 2. The SMILES string of the molecule is COC(=O)[C@@H](Cc1ccccc1)NC(=O)C[NH+]1CCN(c2ccccc2O)CC1. The standard InChI is InChI=1S/C22H27N3O4/c1-29-22(28)18(15-17-7-3-2-4-8-17)23-21(27)16-24-11-13-25(14-12-24)19-9-5-6-10-20(19)26/h2-10,18,26H,11-16H2,1H3,(H,23,27)/p+1/t18-/m1/s1. The minimum absolute atomic E-state index is 0.165. The molecule has 1 aliphatic heterocycles. The van der Waals surface area contributed by atoms with E-state index < -0.39 is 12.0 Å². The molecular formula is C22H28N3O4+. The number of quaternary nitrogens is 1. The number of hydrogen-bond acceptors (Lipinski definition) is 5. The number of phenols is 1. The fourth-order valence-electron chi connectivity index (χ4n) is 3.63. The maximum Gasteiger partial charge on any atom is 0.328 e. The molecule has 0 saturated carbocycles. The van der Waals surface area contributed by atoms with Crippen molar-refractivity contribution >= 4 is 17.6 Å². The van der Waals surface area contributed by atoms with E-state index >= 15 is 0 Å². The van der Waals surface area contributed by atoms with Gasteiger partial charge in [-0.25, -0.2) is 4.79 Å². The van der Waals surface area contributed by atoms with E-state index in [9.17, 15) is 14.7 Å². The van der Waals surface area contributed by atoms with Crippen molar-refractivity contribution in [1.29, 1.82) is 0 Å². The summed E-state index contributed by atoms with van der Waals surface area (Å²) in [6, 6.07) is 16.2. The van der Waals surface area contributed by atoms with Crippen molar-refractivity contribution < 1.29 is 24.3 Å². The van der Waals surface area contributed by atoms with Gasteiger partial charge >= 0.3 is 5.97 Å². The number of phenolic OH excluding ortho intramolecular Hbond substituents is 1. The molecule has 1 fully saturated rings. The number of aromatic hydroxyl groups is 1. The number of esters is 1. The van der Waals surface area contributed by atoms with Gasteiger partial charge in [-0.05, 0) is 17.7 Å². The number of ether oxygens (including phenoxy) is 1. The quantitative estimate of drug-likeness (QED) is 0.572. The average Bonchev–Trinajstić information content (AvgIpc) is 2.74. The van der Waals surface area contributed by atoms with Gasteiger partial charge in [0.25, 0.3) is 5.91 Å². The summed E-state index contributed by atoms with van der Waals surface area (Å²) in [6.45, 7) is 3.37. The Morgan fingerprint density at radius 2 is 1.76 bits per heavy atom. The first-order valence-electron chi connectivity index (χ1n) is 9.84. The Balaban J connectivity index is 1.51. The summed E-state index contributed by atoms with van der Waals surface area (Å²) in [5, 5.41) is 12.8. The highest BCUT2D eigenvalue weighted by Crippen LogP contribution is 2.25. The van der Waals surface area contributed by atoms with Crippen molar-refractivity contribution in [2.24, 2.45) is 0 Å². The second kappa shape index (κ2) is 9.93. The number of methoxy groups -OCH3 is 1. The number of nitrogens with one attached hydrogen (secondary N) is 2. The first-order chi connectivity index (χ1) is 14.1. The summed E-state index contributed by atoms with van der Waals surface area (Å²) < 4.78 is 4.86.